The number of halogens is 1. The van der Waals surface area contributed by atoms with Crippen molar-refractivity contribution >= 4 is 18.3 Å². The van der Waals surface area contributed by atoms with Gasteiger partial charge in [0.2, 0.25) is 5.91 Å². The van der Waals surface area contributed by atoms with E-state index in [4.69, 9.17) is 5.73 Å². The van der Waals surface area contributed by atoms with Crippen LogP contribution >= 0.6 is 12.4 Å². The molecule has 0 aromatic rings. The molecule has 160 valence electrons. The normalized spacial score (nSPS) is 11.2. The molecular weight excluding hydrogens is 358 g/mol. The summed E-state index contributed by atoms with van der Waals surface area (Å²) in [6, 6.07) is 0. The van der Waals surface area contributed by atoms with Crippen LogP contribution in [-0.2, 0) is 4.79 Å². The van der Waals surface area contributed by atoms with Gasteiger partial charge in [-0.15, -0.1) is 12.4 Å². The van der Waals surface area contributed by atoms with Crippen molar-refractivity contribution < 1.29 is 4.79 Å². The van der Waals surface area contributed by atoms with E-state index in [1.54, 1.807) is 0 Å². The predicted molar refractivity (Wildman–Crippen MR) is 122 cm³/mol. The summed E-state index contributed by atoms with van der Waals surface area (Å²) in [6.07, 6.45) is 23.2. The Kier molecular flexibility index (Phi) is 26.4. The number of nitrogens with two attached hydrogens (primary N) is 1. The number of nitrogens with one attached hydrogen (secondary N) is 2. The molecule has 27 heavy (non-hydrogen) atoms. The van der Waals surface area contributed by atoms with Gasteiger partial charge in [0.1, 0.15) is 0 Å². The Morgan fingerprint density at radius 3 is 2.11 bits per heavy atom. The van der Waals surface area contributed by atoms with E-state index in [0.717, 1.165) is 32.4 Å². The predicted octanol–water partition coefficient (Wildman–Crippen LogP) is 4.89. The molecule has 0 bridgehead atoms. The topological polar surface area (TPSA) is 67.2 Å². The van der Waals surface area contributed by atoms with Crippen molar-refractivity contribution in [3.63, 3.8) is 0 Å². The number of unbranched alkanes of at least 4 members (excludes halogenated alkanes) is 8. The first-order valence-electron chi connectivity index (χ1n) is 10.8. The van der Waals surface area contributed by atoms with E-state index < -0.39 is 0 Å². The van der Waals surface area contributed by atoms with E-state index in [0.29, 0.717) is 19.5 Å². The summed E-state index contributed by atoms with van der Waals surface area (Å²) in [5.41, 5.74) is 5.38. The summed E-state index contributed by atoms with van der Waals surface area (Å²) >= 11 is 0. The molecule has 0 aliphatic rings. The van der Waals surface area contributed by atoms with Crippen LogP contribution in [0.5, 0.6) is 0 Å². The maximum absolute atomic E-state index is 11.6. The van der Waals surface area contributed by atoms with Gasteiger partial charge >= 0.3 is 0 Å². The van der Waals surface area contributed by atoms with E-state index in [9.17, 15) is 4.79 Å². The maximum atomic E-state index is 11.6. The van der Waals surface area contributed by atoms with Crippen LogP contribution in [-0.4, -0.2) is 32.1 Å². The average Bonchev–Trinajstić information content (AvgIpc) is 2.64. The van der Waals surface area contributed by atoms with Crippen LogP contribution in [0.15, 0.2) is 24.3 Å². The van der Waals surface area contributed by atoms with Gasteiger partial charge in [-0.05, 0) is 38.5 Å². The molecule has 4 nitrogen and oxygen atoms in total. The molecule has 4 N–H and O–H groups in total. The lowest BCUT2D eigenvalue weighted by Gasteiger charge is -2.06. The highest BCUT2D eigenvalue weighted by molar-refractivity contribution is 5.85. The Balaban J connectivity index is 0. The Hall–Kier alpha value is -0.840. The second-order valence-corrected chi connectivity index (χ2v) is 6.87. The minimum atomic E-state index is 0. The number of carbonyl (C=O) groups is 1. The average molecular weight is 402 g/mol. The molecule has 0 aromatic heterocycles. The highest BCUT2D eigenvalue weighted by atomic mass is 35.5. The molecule has 1 amide bonds. The number of amides is 1. The van der Waals surface area contributed by atoms with Crippen LogP contribution in [0.4, 0.5) is 0 Å². The number of hydrogen-bond donors (Lipinski definition) is 3. The summed E-state index contributed by atoms with van der Waals surface area (Å²) in [5, 5.41) is 6.10. The summed E-state index contributed by atoms with van der Waals surface area (Å²) < 4.78 is 0. The zero-order valence-corrected chi connectivity index (χ0v) is 18.3. The molecule has 0 aliphatic carbocycles. The van der Waals surface area contributed by atoms with Gasteiger partial charge in [-0.2, -0.15) is 0 Å². The number of carbonyl (C=O) groups excluding carboxylic acids is 1. The third kappa shape index (κ3) is 25.2. The van der Waals surface area contributed by atoms with Gasteiger partial charge in [0.05, 0.1) is 0 Å². The molecule has 0 heterocycles. The number of allylic oxidation sites excluding steroid dienone is 4. The van der Waals surface area contributed by atoms with Gasteiger partial charge in [-0.25, -0.2) is 0 Å². The number of hydrogen-bond acceptors (Lipinski definition) is 3. The van der Waals surface area contributed by atoms with Crippen molar-refractivity contribution in [3.8, 4) is 0 Å². The lowest BCUT2D eigenvalue weighted by molar-refractivity contribution is -0.121. The molecule has 0 spiro atoms. The molecule has 0 aliphatic heterocycles. The second-order valence-electron chi connectivity index (χ2n) is 6.87. The fourth-order valence-corrected chi connectivity index (χ4v) is 2.70. The second kappa shape index (κ2) is 25.2. The zero-order valence-electron chi connectivity index (χ0n) is 17.5. The summed E-state index contributed by atoms with van der Waals surface area (Å²) in [6.45, 7) is 5.18. The maximum Gasteiger partial charge on any atom is 0.220 e. The van der Waals surface area contributed by atoms with Crippen LogP contribution < -0.4 is 16.4 Å². The molecule has 0 atom stereocenters. The minimum absolute atomic E-state index is 0. The lowest BCUT2D eigenvalue weighted by Crippen LogP contribution is -2.33. The van der Waals surface area contributed by atoms with Crippen LogP contribution in [0.3, 0.4) is 0 Å². The molecule has 0 radical (unpaired) electrons. The van der Waals surface area contributed by atoms with Crippen LogP contribution in [0.1, 0.15) is 84.0 Å². The lowest BCUT2D eigenvalue weighted by atomic mass is 10.1. The first-order chi connectivity index (χ1) is 12.8. The standard InChI is InChI=1S/C22H43N3O.ClH/c1-2-3-4-5-6-7-8-9-10-11-12-13-14-15-16-17-22(26)25-21-20-24-19-18-23;/h6-7,9-10,24H,2-5,8,11-21,23H2,1H3,(H,25,26);1H/b7-6-,10-9-;. The first-order valence-corrected chi connectivity index (χ1v) is 10.8. The SMILES string of the molecule is CCCCC/C=C\C/C=C\CCCCCCCC(=O)NCCNCCN.Cl. The van der Waals surface area contributed by atoms with Crippen molar-refractivity contribution in [2.24, 2.45) is 5.73 Å². The molecule has 0 fully saturated rings. The van der Waals surface area contributed by atoms with E-state index >= 15 is 0 Å². The Morgan fingerprint density at radius 1 is 0.815 bits per heavy atom. The van der Waals surface area contributed by atoms with Crippen molar-refractivity contribution in [2.45, 2.75) is 84.0 Å². The van der Waals surface area contributed by atoms with E-state index in [1.807, 2.05) is 0 Å². The zero-order chi connectivity index (χ0) is 19.1. The van der Waals surface area contributed by atoms with Gasteiger partial charge in [0, 0.05) is 32.6 Å². The molecule has 0 rings (SSSR count). The molecular formula is C22H44ClN3O. The van der Waals surface area contributed by atoms with Gasteiger partial charge in [0.25, 0.3) is 0 Å². The fourth-order valence-electron chi connectivity index (χ4n) is 2.70. The third-order valence-corrected chi connectivity index (χ3v) is 4.30. The summed E-state index contributed by atoms with van der Waals surface area (Å²) in [4.78, 5) is 11.6. The molecule has 5 heteroatoms. The first kappa shape index (κ1) is 28.4. The van der Waals surface area contributed by atoms with Gasteiger partial charge in [0.15, 0.2) is 0 Å². The summed E-state index contributed by atoms with van der Waals surface area (Å²) in [7, 11) is 0. The third-order valence-electron chi connectivity index (χ3n) is 4.30. The van der Waals surface area contributed by atoms with Crippen LogP contribution in [0, 0.1) is 0 Å². The molecule has 0 saturated carbocycles. The molecule has 0 saturated heterocycles. The molecule has 0 aromatic carbocycles. The van der Waals surface area contributed by atoms with Crippen molar-refractivity contribution in [2.75, 3.05) is 26.2 Å². The van der Waals surface area contributed by atoms with Crippen LogP contribution in [0.2, 0.25) is 0 Å². The smallest absolute Gasteiger partial charge is 0.220 e. The van der Waals surface area contributed by atoms with Crippen molar-refractivity contribution in [1.29, 1.82) is 0 Å². The van der Waals surface area contributed by atoms with Crippen molar-refractivity contribution in [1.82, 2.24) is 10.6 Å². The Morgan fingerprint density at radius 2 is 1.44 bits per heavy atom. The van der Waals surface area contributed by atoms with Crippen molar-refractivity contribution in [3.05, 3.63) is 24.3 Å². The highest BCUT2D eigenvalue weighted by Gasteiger charge is 1.99. The van der Waals surface area contributed by atoms with Crippen LogP contribution in [0.25, 0.3) is 0 Å². The Labute approximate surface area is 174 Å². The quantitative estimate of drug-likeness (QED) is 0.213. The van der Waals surface area contributed by atoms with E-state index in [1.165, 1.54) is 51.4 Å². The largest absolute Gasteiger partial charge is 0.355 e. The van der Waals surface area contributed by atoms with Gasteiger partial charge < -0.3 is 16.4 Å². The van der Waals surface area contributed by atoms with Gasteiger partial charge in [-0.3, -0.25) is 4.79 Å². The number of rotatable bonds is 19. The monoisotopic (exact) mass is 401 g/mol. The fraction of sp³-hybridized carbons (Fsp3) is 0.773. The molecule has 0 unspecified atom stereocenters. The van der Waals surface area contributed by atoms with Gasteiger partial charge in [-0.1, -0.05) is 63.3 Å². The highest BCUT2D eigenvalue weighted by Crippen LogP contribution is 2.08. The van der Waals surface area contributed by atoms with E-state index in [-0.39, 0.29) is 18.3 Å². The summed E-state index contributed by atoms with van der Waals surface area (Å²) in [5.74, 6) is 0.172. The van der Waals surface area contributed by atoms with E-state index in [2.05, 4.69) is 41.9 Å². The Bertz CT molecular complexity index is 359. The minimum Gasteiger partial charge on any atom is -0.355 e.